The molecule has 1 fully saturated rings. The van der Waals surface area contributed by atoms with Gasteiger partial charge in [-0.15, -0.1) is 13.2 Å². The Hall–Kier alpha value is -3.85. The van der Waals surface area contributed by atoms with Gasteiger partial charge in [-0.1, -0.05) is 6.07 Å². The Labute approximate surface area is 239 Å². The first kappa shape index (κ1) is 32.1. The van der Waals surface area contributed by atoms with Gasteiger partial charge in [0.25, 0.3) is 0 Å². The minimum absolute atomic E-state index is 0.0512. The molecule has 0 N–H and O–H groups in total. The Morgan fingerprint density at radius 2 is 1.53 bits per heavy atom. The Bertz CT molecular complexity index is 1320. The van der Waals surface area contributed by atoms with Crippen LogP contribution in [0, 0.1) is 5.92 Å². The van der Waals surface area contributed by atoms with E-state index in [0.29, 0.717) is 25.0 Å². The lowest BCUT2D eigenvalue weighted by molar-refractivity contribution is -0.274. The average molecular weight is 628 g/mol. The Kier molecular flexibility index (Phi) is 8.71. The summed E-state index contributed by atoms with van der Waals surface area (Å²) in [6, 6.07) is 1.99. The summed E-state index contributed by atoms with van der Waals surface area (Å²) in [6.07, 6.45) is -16.2. The maximum absolute atomic E-state index is 13.5. The highest BCUT2D eigenvalue weighted by molar-refractivity contribution is 5.91. The highest BCUT2D eigenvalue weighted by atomic mass is 19.4. The van der Waals surface area contributed by atoms with E-state index in [4.69, 9.17) is 9.47 Å². The number of benzene rings is 2. The van der Waals surface area contributed by atoms with Crippen LogP contribution in [0.2, 0.25) is 0 Å². The van der Waals surface area contributed by atoms with Crippen molar-refractivity contribution in [1.82, 2.24) is 4.90 Å². The van der Waals surface area contributed by atoms with E-state index in [0.717, 1.165) is 35.1 Å². The molecule has 2 aliphatic rings. The van der Waals surface area contributed by atoms with E-state index in [1.54, 1.807) is 0 Å². The number of carbonyl (C=O) groups is 2. The number of hydrogen-bond donors (Lipinski definition) is 0. The smallest absolute Gasteiger partial charge is 0.453 e. The van der Waals surface area contributed by atoms with E-state index in [1.165, 1.54) is 6.92 Å². The van der Waals surface area contributed by atoms with Crippen LogP contribution < -0.4 is 9.64 Å². The molecule has 4 rings (SSSR count). The van der Waals surface area contributed by atoms with E-state index in [9.17, 15) is 49.1 Å². The van der Waals surface area contributed by atoms with Gasteiger partial charge in [-0.05, 0) is 67.5 Å². The number of alkyl halides is 9. The molecule has 2 amide bonds. The second-order valence-electron chi connectivity index (χ2n) is 10.0. The third-order valence-electron chi connectivity index (χ3n) is 7.07. The molecule has 2 aromatic carbocycles. The van der Waals surface area contributed by atoms with Gasteiger partial charge in [-0.3, -0.25) is 9.80 Å². The highest BCUT2D eigenvalue weighted by Crippen LogP contribution is 2.50. The van der Waals surface area contributed by atoms with Gasteiger partial charge in [0, 0.05) is 18.7 Å². The lowest BCUT2D eigenvalue weighted by Crippen LogP contribution is -2.49. The second-order valence-corrected chi connectivity index (χ2v) is 10.0. The summed E-state index contributed by atoms with van der Waals surface area (Å²) >= 11 is 0. The number of methoxy groups -OCH3 is 1. The van der Waals surface area contributed by atoms with Crippen LogP contribution in [0.4, 0.5) is 54.8 Å². The van der Waals surface area contributed by atoms with Crippen LogP contribution >= 0.6 is 0 Å². The van der Waals surface area contributed by atoms with Gasteiger partial charge in [-0.25, -0.2) is 9.59 Å². The maximum Gasteiger partial charge on any atom is 0.573 e. The fraction of sp³-hybridized carbons (Fsp3) is 0.481. The summed E-state index contributed by atoms with van der Waals surface area (Å²) in [4.78, 5) is 28.1. The highest BCUT2D eigenvalue weighted by Gasteiger charge is 2.47. The van der Waals surface area contributed by atoms with Crippen molar-refractivity contribution >= 4 is 17.9 Å². The minimum Gasteiger partial charge on any atom is -0.453 e. The molecule has 1 aliphatic heterocycles. The van der Waals surface area contributed by atoms with Crippen LogP contribution in [0.1, 0.15) is 54.5 Å². The molecule has 1 saturated carbocycles. The number of ether oxygens (including phenoxy) is 3. The minimum atomic E-state index is -5.14. The molecule has 1 heterocycles. The molecule has 2 aromatic rings. The zero-order valence-corrected chi connectivity index (χ0v) is 22.6. The fourth-order valence-electron chi connectivity index (χ4n) is 5.18. The first-order chi connectivity index (χ1) is 19.9. The Balaban J connectivity index is 1.85. The predicted octanol–water partition coefficient (Wildman–Crippen LogP) is 8.08. The molecule has 0 aromatic heterocycles. The maximum atomic E-state index is 13.5. The van der Waals surface area contributed by atoms with Gasteiger partial charge in [0.2, 0.25) is 0 Å². The van der Waals surface area contributed by atoms with E-state index < -0.39 is 72.0 Å². The zero-order valence-electron chi connectivity index (χ0n) is 22.6. The first-order valence-electron chi connectivity index (χ1n) is 12.9. The van der Waals surface area contributed by atoms with Gasteiger partial charge < -0.3 is 14.2 Å². The fourth-order valence-corrected chi connectivity index (χ4v) is 5.18. The van der Waals surface area contributed by atoms with E-state index in [1.807, 2.05) is 0 Å². The largest absolute Gasteiger partial charge is 0.573 e. The molecule has 0 unspecified atom stereocenters. The van der Waals surface area contributed by atoms with E-state index in [2.05, 4.69) is 4.74 Å². The van der Waals surface area contributed by atoms with Crippen molar-refractivity contribution in [3.8, 4) is 5.75 Å². The van der Waals surface area contributed by atoms with Crippen molar-refractivity contribution in [2.75, 3.05) is 18.6 Å². The lowest BCUT2D eigenvalue weighted by atomic mass is 9.87. The van der Waals surface area contributed by atoms with Crippen LogP contribution in [0.25, 0.3) is 0 Å². The normalized spacial score (nSPS) is 19.0. The quantitative estimate of drug-likeness (QED) is 0.303. The van der Waals surface area contributed by atoms with Gasteiger partial charge in [0.15, 0.2) is 0 Å². The third-order valence-corrected chi connectivity index (χ3v) is 7.07. The summed E-state index contributed by atoms with van der Waals surface area (Å²) in [5.41, 5.74) is -3.76. The van der Waals surface area contributed by atoms with Gasteiger partial charge in [0.1, 0.15) is 5.75 Å². The summed E-state index contributed by atoms with van der Waals surface area (Å²) in [7, 11) is 0.954. The molecule has 0 saturated heterocycles. The van der Waals surface area contributed by atoms with Crippen molar-refractivity contribution in [2.24, 2.45) is 5.92 Å². The Morgan fingerprint density at radius 3 is 2.02 bits per heavy atom. The number of halogens is 9. The molecule has 236 valence electrons. The van der Waals surface area contributed by atoms with Crippen molar-refractivity contribution < 1.29 is 63.3 Å². The molecule has 2 atom stereocenters. The van der Waals surface area contributed by atoms with E-state index >= 15 is 0 Å². The second kappa shape index (κ2) is 11.7. The SMILES string of the molecule is CCOC(=O)N1c2cc(OC(F)(F)F)ccc2[C@@H](N(Cc2cc(C(F)(F)F)cc(C(F)(F)F)c2)C(=O)OC)C[C@H]1C1CC1. The van der Waals surface area contributed by atoms with Crippen molar-refractivity contribution in [3.05, 3.63) is 58.7 Å². The molecule has 0 spiro atoms. The summed E-state index contributed by atoms with van der Waals surface area (Å²) in [5, 5.41) is 0. The summed E-state index contributed by atoms with van der Waals surface area (Å²) in [5.74, 6) is -0.870. The number of carbonyl (C=O) groups excluding carboxylic acids is 2. The molecular formula is C27H25F9N2O5. The number of rotatable bonds is 6. The topological polar surface area (TPSA) is 68.3 Å². The average Bonchev–Trinajstić information content (AvgIpc) is 3.74. The first-order valence-corrected chi connectivity index (χ1v) is 12.9. The monoisotopic (exact) mass is 628 g/mol. The van der Waals surface area contributed by atoms with Crippen molar-refractivity contribution in [3.63, 3.8) is 0 Å². The number of fused-ring (bicyclic) bond motifs is 1. The van der Waals surface area contributed by atoms with Crippen molar-refractivity contribution in [1.29, 1.82) is 0 Å². The van der Waals surface area contributed by atoms with Crippen LogP contribution in [0.5, 0.6) is 5.75 Å². The van der Waals surface area contributed by atoms with E-state index in [-0.39, 0.29) is 36.3 Å². The molecule has 43 heavy (non-hydrogen) atoms. The molecule has 1 aliphatic carbocycles. The molecular weight excluding hydrogens is 603 g/mol. The predicted molar refractivity (Wildman–Crippen MR) is 131 cm³/mol. The molecule has 0 bridgehead atoms. The number of anilines is 1. The standard InChI is InChI=1S/C27H25F9N2O5/c1-3-42-24(40)38-20(15-4-5-15)12-21(19-7-6-18(11-22(19)38)43-27(34,35)36)37(23(39)41-2)13-14-8-16(25(28,29)30)10-17(9-14)26(31,32)33/h6-11,15,20-21H,3-5,12-13H2,1-2H3/t20-,21-/m0/s1. The zero-order chi connectivity index (χ0) is 31.9. The molecule has 16 heteroatoms. The van der Waals surface area contributed by atoms with Crippen molar-refractivity contribution in [2.45, 2.75) is 63.5 Å². The summed E-state index contributed by atoms with van der Waals surface area (Å²) < 4.78 is 134. The molecule has 0 radical (unpaired) electrons. The number of amides is 2. The number of hydrogen-bond acceptors (Lipinski definition) is 5. The van der Waals surface area contributed by atoms with Crippen LogP contribution in [-0.4, -0.2) is 43.2 Å². The van der Waals surface area contributed by atoms with Crippen LogP contribution in [0.3, 0.4) is 0 Å². The van der Waals surface area contributed by atoms with Gasteiger partial charge in [0.05, 0.1) is 36.6 Å². The Morgan fingerprint density at radius 1 is 0.930 bits per heavy atom. The third kappa shape index (κ3) is 7.39. The van der Waals surface area contributed by atoms with Crippen LogP contribution in [-0.2, 0) is 28.4 Å². The lowest BCUT2D eigenvalue weighted by Gasteiger charge is -2.44. The summed E-state index contributed by atoms with van der Waals surface area (Å²) in [6.45, 7) is 0.654. The number of nitrogens with zero attached hydrogens (tertiary/aromatic N) is 2. The molecule has 7 nitrogen and oxygen atoms in total. The van der Waals surface area contributed by atoms with Gasteiger partial charge >= 0.3 is 30.9 Å². The van der Waals surface area contributed by atoms with Crippen LogP contribution in [0.15, 0.2) is 36.4 Å². The van der Waals surface area contributed by atoms with Gasteiger partial charge in [-0.2, -0.15) is 26.3 Å².